The number of aryl methyl sites for hydroxylation is 2. The average Bonchev–Trinajstić information content (AvgIpc) is 3.41. The number of halogens is 1. The summed E-state index contributed by atoms with van der Waals surface area (Å²) in [6.07, 6.45) is 4.66. The molecule has 0 aliphatic carbocycles. The Labute approximate surface area is 452 Å². The fraction of sp³-hybridized carbons (Fsp3) is 0.241. The van der Waals surface area contributed by atoms with Gasteiger partial charge in [0, 0.05) is 45.7 Å². The molecule has 6 aromatic rings. The number of aromatic carboxylic acids is 4. The van der Waals surface area contributed by atoms with Gasteiger partial charge in [-0.05, 0) is 113 Å². The van der Waals surface area contributed by atoms with Gasteiger partial charge in [-0.1, -0.05) is 83.9 Å². The Balaban J connectivity index is 0.000000271. The van der Waals surface area contributed by atoms with Gasteiger partial charge in [0.25, 0.3) is 0 Å². The topological polar surface area (TPSA) is 256 Å². The van der Waals surface area contributed by atoms with E-state index < -0.39 is 33.7 Å². The Morgan fingerprint density at radius 3 is 1.14 bits per heavy atom. The molecule has 76 heavy (non-hydrogen) atoms. The van der Waals surface area contributed by atoms with Gasteiger partial charge in [0.1, 0.15) is 0 Å². The second-order valence-electron chi connectivity index (χ2n) is 17.5. The first-order valence-electron chi connectivity index (χ1n) is 23.9. The summed E-state index contributed by atoms with van der Waals surface area (Å²) in [4.78, 5) is 92.3. The number of carboxylic acids is 4. The van der Waals surface area contributed by atoms with Gasteiger partial charge in [-0.2, -0.15) is 0 Å². The molecule has 1 aliphatic rings. The molecule has 0 bridgehead atoms. The number of carbonyl (C=O) groups is 8. The standard InChI is InChI=1S/C17H16O5S.C17H16O3S.C15H19NO3.C9H8O3.ClH/c1-12-2-8-15(9-3-12)23(21,22)11-10-16(18)13-4-6-14(7-5-13)17(19)20;1-12-2-8-15(9-3-12)21-11-10-16(18)13-4-6-14(7-5-13)17(19)20;17-14(8-11-16-9-2-1-3-10-16)12-4-6-13(7-5-12)15(18)19;1-6(10)7-2-4-8(5-3-7)9(11)12;/h2-9H,10-11H2,1H3,(H,19,20);2-9H,10-11H2,1H3,(H,19,20);4-7H,1-3,8-11H2,(H,18,19);2-5H,1H3,(H,11,12);1H. The van der Waals surface area contributed by atoms with Crippen LogP contribution in [0.2, 0.25) is 0 Å². The first-order valence-corrected chi connectivity index (χ1v) is 26.5. The molecule has 0 spiro atoms. The maximum Gasteiger partial charge on any atom is 0.335 e. The van der Waals surface area contributed by atoms with E-state index in [1.165, 1.54) is 135 Å². The van der Waals surface area contributed by atoms with E-state index in [9.17, 15) is 46.8 Å². The van der Waals surface area contributed by atoms with E-state index >= 15 is 0 Å². The molecule has 18 heteroatoms. The monoisotopic (exact) mass is 1090 g/mol. The van der Waals surface area contributed by atoms with E-state index in [-0.39, 0.29) is 74.9 Å². The SMILES string of the molecule is CC(=O)c1ccc(C(=O)O)cc1.Cc1ccc(S(=O)(=O)CCC(=O)c2ccc(C(=O)O)cc2)cc1.Cc1ccc(SCCC(=O)c2ccc(C(=O)O)cc2)cc1.O=C(O)c1ccc(C(=O)CC[NH+]2CCCCC2)cc1.[Cl-]. The van der Waals surface area contributed by atoms with Crippen molar-refractivity contribution < 1.29 is 84.5 Å². The zero-order valence-corrected chi connectivity index (χ0v) is 44.6. The maximum atomic E-state index is 12.2. The maximum absolute atomic E-state index is 12.2. The number of hydrogen-bond donors (Lipinski definition) is 5. The summed E-state index contributed by atoms with van der Waals surface area (Å²) in [6, 6.07) is 38.2. The van der Waals surface area contributed by atoms with Crippen molar-refractivity contribution >= 4 is 68.6 Å². The highest BCUT2D eigenvalue weighted by atomic mass is 35.5. The molecular formula is C58H60ClNO14S2. The summed E-state index contributed by atoms with van der Waals surface area (Å²) in [5, 5.41) is 34.9. The highest BCUT2D eigenvalue weighted by Gasteiger charge is 2.19. The molecule has 6 aromatic carbocycles. The molecule has 1 aliphatic heterocycles. The van der Waals surface area contributed by atoms with Crippen molar-refractivity contribution in [1.82, 2.24) is 0 Å². The summed E-state index contributed by atoms with van der Waals surface area (Å²) in [5.74, 6) is -3.83. The van der Waals surface area contributed by atoms with E-state index in [2.05, 4.69) is 12.1 Å². The zero-order valence-electron chi connectivity index (χ0n) is 42.2. The fourth-order valence-electron chi connectivity index (χ4n) is 7.26. The van der Waals surface area contributed by atoms with Crippen molar-refractivity contribution in [1.29, 1.82) is 0 Å². The van der Waals surface area contributed by atoms with Gasteiger partial charge in [-0.3, -0.25) is 19.2 Å². The molecule has 0 amide bonds. The van der Waals surface area contributed by atoms with Gasteiger partial charge in [-0.25, -0.2) is 27.6 Å². The van der Waals surface area contributed by atoms with Crippen molar-refractivity contribution in [3.05, 3.63) is 201 Å². The molecule has 15 nitrogen and oxygen atoms in total. The number of quaternary nitrogens is 1. The normalized spacial score (nSPS) is 11.8. The average molecular weight is 1090 g/mol. The van der Waals surface area contributed by atoms with Gasteiger partial charge < -0.3 is 37.7 Å². The van der Waals surface area contributed by atoms with Crippen LogP contribution >= 0.6 is 11.8 Å². The number of piperidine rings is 1. The molecule has 0 saturated carbocycles. The summed E-state index contributed by atoms with van der Waals surface area (Å²) in [7, 11) is -3.52. The van der Waals surface area contributed by atoms with Crippen LogP contribution in [0.25, 0.3) is 0 Å². The van der Waals surface area contributed by atoms with Crippen LogP contribution in [0.1, 0.15) is 139 Å². The predicted octanol–water partition coefficient (Wildman–Crippen LogP) is 6.42. The summed E-state index contributed by atoms with van der Waals surface area (Å²) in [6.45, 7) is 8.57. The minimum atomic E-state index is -3.52. The first kappa shape index (κ1) is 62.7. The summed E-state index contributed by atoms with van der Waals surface area (Å²) >= 11 is 1.65. The van der Waals surface area contributed by atoms with Crippen LogP contribution in [0, 0.1) is 13.8 Å². The number of benzene rings is 6. The number of carbonyl (C=O) groups excluding carboxylic acids is 4. The molecular weight excluding hydrogens is 1030 g/mol. The number of hydrogen-bond acceptors (Lipinski definition) is 11. The number of likely N-dealkylation sites (tertiary alicyclic amines) is 1. The fourth-order valence-corrected chi connectivity index (χ4v) is 9.35. The third-order valence-electron chi connectivity index (χ3n) is 11.8. The first-order chi connectivity index (χ1) is 35.6. The third kappa shape index (κ3) is 21.3. The van der Waals surface area contributed by atoms with Crippen molar-refractivity contribution in [3.63, 3.8) is 0 Å². The smallest absolute Gasteiger partial charge is 0.335 e. The molecule has 0 unspecified atom stereocenters. The Morgan fingerprint density at radius 1 is 0.447 bits per heavy atom. The van der Waals surface area contributed by atoms with Crippen LogP contribution in [0.5, 0.6) is 0 Å². The molecule has 1 fully saturated rings. The van der Waals surface area contributed by atoms with Crippen molar-refractivity contribution in [2.75, 3.05) is 31.1 Å². The van der Waals surface area contributed by atoms with Crippen LogP contribution in [-0.4, -0.2) is 107 Å². The predicted molar refractivity (Wildman–Crippen MR) is 285 cm³/mol. The highest BCUT2D eigenvalue weighted by Crippen LogP contribution is 2.21. The van der Waals surface area contributed by atoms with Gasteiger partial charge in [0.2, 0.25) is 0 Å². The quantitative estimate of drug-likeness (QED) is 0.0434. The molecule has 0 radical (unpaired) electrons. The van der Waals surface area contributed by atoms with Crippen molar-refractivity contribution in [3.8, 4) is 0 Å². The molecule has 0 aromatic heterocycles. The van der Waals surface area contributed by atoms with Gasteiger partial charge in [-0.15, -0.1) is 11.8 Å². The molecule has 7 rings (SSSR count). The third-order valence-corrected chi connectivity index (χ3v) is 14.5. The number of rotatable bonds is 19. The van der Waals surface area contributed by atoms with E-state index in [0.29, 0.717) is 40.8 Å². The number of thioether (sulfide) groups is 1. The molecule has 1 saturated heterocycles. The largest absolute Gasteiger partial charge is 1.00 e. The van der Waals surface area contributed by atoms with Gasteiger partial charge in [0.15, 0.2) is 33.0 Å². The van der Waals surface area contributed by atoms with E-state index in [4.69, 9.17) is 20.4 Å². The van der Waals surface area contributed by atoms with Crippen molar-refractivity contribution in [2.45, 2.75) is 69.1 Å². The Bertz CT molecular complexity index is 3000. The lowest BCUT2D eigenvalue weighted by Crippen LogP contribution is -3.12. The second-order valence-corrected chi connectivity index (χ2v) is 20.7. The van der Waals surface area contributed by atoms with E-state index in [0.717, 1.165) is 17.0 Å². The minimum Gasteiger partial charge on any atom is -1.00 e. The van der Waals surface area contributed by atoms with Crippen molar-refractivity contribution in [2.24, 2.45) is 0 Å². The second kappa shape index (κ2) is 31.3. The summed E-state index contributed by atoms with van der Waals surface area (Å²) in [5.41, 5.74) is 4.86. The number of sulfone groups is 1. The number of carboxylic acid groups (broad SMARTS) is 4. The minimum absolute atomic E-state index is 0. The molecule has 5 N–H and O–H groups in total. The lowest BCUT2D eigenvalue weighted by Gasteiger charge is -2.23. The molecule has 400 valence electrons. The van der Waals surface area contributed by atoms with E-state index in [1.807, 2.05) is 26.0 Å². The van der Waals surface area contributed by atoms with Gasteiger partial charge >= 0.3 is 23.9 Å². The van der Waals surface area contributed by atoms with Gasteiger partial charge in [0.05, 0.1) is 59.0 Å². The van der Waals surface area contributed by atoms with Crippen LogP contribution in [-0.2, 0) is 9.84 Å². The number of ketones is 4. The Hall–Kier alpha value is -7.57. The van der Waals surface area contributed by atoms with E-state index in [1.54, 1.807) is 48.2 Å². The molecule has 0 atom stereocenters. The molecule has 1 heterocycles. The van der Waals surface area contributed by atoms with Crippen LogP contribution < -0.4 is 17.3 Å². The zero-order chi connectivity index (χ0) is 55.1. The Morgan fingerprint density at radius 2 is 0.776 bits per heavy atom. The van der Waals surface area contributed by atoms with Crippen LogP contribution in [0.15, 0.2) is 155 Å². The van der Waals surface area contributed by atoms with Crippen LogP contribution in [0.3, 0.4) is 0 Å². The Kier molecular flexibility index (Phi) is 25.9. The number of nitrogens with one attached hydrogen (secondary N) is 1. The lowest BCUT2D eigenvalue weighted by molar-refractivity contribution is -0.904. The highest BCUT2D eigenvalue weighted by molar-refractivity contribution is 7.99. The van der Waals surface area contributed by atoms with Crippen LogP contribution in [0.4, 0.5) is 0 Å². The summed E-state index contributed by atoms with van der Waals surface area (Å²) < 4.78 is 24.4. The number of Topliss-reactive ketones (excluding diaryl/α,β-unsaturated/α-hetero) is 4. The lowest BCUT2D eigenvalue weighted by atomic mass is 10.0.